The van der Waals surface area contributed by atoms with Gasteiger partial charge in [-0.2, -0.15) is 0 Å². The van der Waals surface area contributed by atoms with Crippen LogP contribution in [0.3, 0.4) is 0 Å². The van der Waals surface area contributed by atoms with Crippen LogP contribution in [-0.2, 0) is 14.3 Å². The molecule has 1 aromatic carbocycles. The van der Waals surface area contributed by atoms with Gasteiger partial charge in [-0.05, 0) is 24.6 Å². The monoisotopic (exact) mass is 224 g/mol. The number of benzene rings is 1. The molecule has 1 aromatic rings. The molecular formula is C12H16O4. The van der Waals surface area contributed by atoms with E-state index in [4.69, 9.17) is 14.2 Å². The lowest BCUT2D eigenvalue weighted by Crippen LogP contribution is -2.17. The van der Waals surface area contributed by atoms with Crippen LogP contribution in [0.2, 0.25) is 0 Å². The Hall–Kier alpha value is -1.55. The van der Waals surface area contributed by atoms with E-state index >= 15 is 0 Å². The molecule has 0 aliphatic heterocycles. The fraction of sp³-hybridized carbons (Fsp3) is 0.417. The van der Waals surface area contributed by atoms with Crippen LogP contribution in [0.4, 0.5) is 0 Å². The number of carbonyl (C=O) groups excluding carboxylic acids is 1. The number of methoxy groups -OCH3 is 2. The molecule has 0 saturated carbocycles. The van der Waals surface area contributed by atoms with Crippen molar-refractivity contribution >= 4 is 5.97 Å². The van der Waals surface area contributed by atoms with E-state index in [2.05, 4.69) is 0 Å². The second-order valence-corrected chi connectivity index (χ2v) is 3.14. The van der Waals surface area contributed by atoms with Crippen molar-refractivity contribution in [3.8, 4) is 5.75 Å². The molecule has 4 nitrogen and oxygen atoms in total. The van der Waals surface area contributed by atoms with Crippen LogP contribution in [0, 0.1) is 0 Å². The average molecular weight is 224 g/mol. The first-order valence-corrected chi connectivity index (χ1v) is 5.06. The largest absolute Gasteiger partial charge is 0.497 e. The highest BCUT2D eigenvalue weighted by atomic mass is 16.6. The minimum absolute atomic E-state index is 0.342. The first-order valence-electron chi connectivity index (χ1n) is 5.06. The molecule has 0 radical (unpaired) electrons. The lowest BCUT2D eigenvalue weighted by atomic mass is 10.1. The average Bonchev–Trinajstić information content (AvgIpc) is 2.31. The maximum absolute atomic E-state index is 11.6. The zero-order valence-electron chi connectivity index (χ0n) is 9.73. The van der Waals surface area contributed by atoms with Gasteiger partial charge < -0.3 is 14.2 Å². The van der Waals surface area contributed by atoms with Gasteiger partial charge in [0.1, 0.15) is 5.75 Å². The summed E-state index contributed by atoms with van der Waals surface area (Å²) < 4.78 is 15.1. The molecule has 0 heterocycles. The third kappa shape index (κ3) is 2.97. The third-order valence-corrected chi connectivity index (χ3v) is 2.15. The number of rotatable bonds is 5. The van der Waals surface area contributed by atoms with Crippen LogP contribution in [-0.4, -0.2) is 26.8 Å². The highest BCUT2D eigenvalue weighted by Gasteiger charge is 2.21. The van der Waals surface area contributed by atoms with Crippen molar-refractivity contribution in [2.24, 2.45) is 0 Å². The van der Waals surface area contributed by atoms with Gasteiger partial charge in [0.05, 0.1) is 13.7 Å². The van der Waals surface area contributed by atoms with Gasteiger partial charge in [0.25, 0.3) is 0 Å². The summed E-state index contributed by atoms with van der Waals surface area (Å²) in [5, 5.41) is 0. The second kappa shape index (κ2) is 6.12. The lowest BCUT2D eigenvalue weighted by molar-refractivity contribution is -0.155. The van der Waals surface area contributed by atoms with Crippen molar-refractivity contribution in [3.05, 3.63) is 29.8 Å². The molecule has 4 heteroatoms. The van der Waals surface area contributed by atoms with E-state index < -0.39 is 6.10 Å². The third-order valence-electron chi connectivity index (χ3n) is 2.15. The van der Waals surface area contributed by atoms with Crippen molar-refractivity contribution in [3.63, 3.8) is 0 Å². The predicted octanol–water partition coefficient (Wildman–Crippen LogP) is 1.95. The zero-order chi connectivity index (χ0) is 12.0. The number of carbonyl (C=O) groups is 1. The Balaban J connectivity index is 2.82. The fourth-order valence-corrected chi connectivity index (χ4v) is 1.37. The minimum Gasteiger partial charge on any atom is -0.497 e. The van der Waals surface area contributed by atoms with E-state index in [0.29, 0.717) is 6.61 Å². The Morgan fingerprint density at radius 1 is 1.25 bits per heavy atom. The SMILES string of the molecule is CCOC(=O)[C@@H](OC)c1ccc(OC)cc1. The smallest absolute Gasteiger partial charge is 0.339 e. The minimum atomic E-state index is -0.675. The zero-order valence-corrected chi connectivity index (χ0v) is 9.73. The molecule has 88 valence electrons. The van der Waals surface area contributed by atoms with Gasteiger partial charge in [0, 0.05) is 7.11 Å². The first-order chi connectivity index (χ1) is 7.72. The van der Waals surface area contributed by atoms with Crippen LogP contribution in [0.1, 0.15) is 18.6 Å². The van der Waals surface area contributed by atoms with Gasteiger partial charge >= 0.3 is 5.97 Å². The van der Waals surface area contributed by atoms with Crippen molar-refractivity contribution < 1.29 is 19.0 Å². The summed E-state index contributed by atoms with van der Waals surface area (Å²) in [4.78, 5) is 11.6. The second-order valence-electron chi connectivity index (χ2n) is 3.14. The highest BCUT2D eigenvalue weighted by molar-refractivity contribution is 5.76. The molecule has 0 spiro atoms. The number of ether oxygens (including phenoxy) is 3. The molecule has 0 amide bonds. The Labute approximate surface area is 95.1 Å². The van der Waals surface area contributed by atoms with Crippen molar-refractivity contribution in [2.45, 2.75) is 13.0 Å². The standard InChI is InChI=1S/C12H16O4/c1-4-16-12(13)11(15-3)9-5-7-10(14-2)8-6-9/h5-8,11H,4H2,1-3H3/t11-/m0/s1. The van der Waals surface area contributed by atoms with Crippen LogP contribution in [0.15, 0.2) is 24.3 Å². The Kier molecular flexibility index (Phi) is 4.79. The highest BCUT2D eigenvalue weighted by Crippen LogP contribution is 2.21. The molecule has 0 aliphatic rings. The summed E-state index contributed by atoms with van der Waals surface area (Å²) in [5.74, 6) is 0.359. The van der Waals surface area contributed by atoms with Crippen LogP contribution in [0.25, 0.3) is 0 Å². The number of esters is 1. The van der Waals surface area contributed by atoms with Gasteiger partial charge in [-0.3, -0.25) is 0 Å². The lowest BCUT2D eigenvalue weighted by Gasteiger charge is -2.14. The summed E-state index contributed by atoms with van der Waals surface area (Å²) >= 11 is 0. The van der Waals surface area contributed by atoms with E-state index in [0.717, 1.165) is 11.3 Å². The van der Waals surface area contributed by atoms with Gasteiger partial charge in [-0.25, -0.2) is 4.79 Å². The maximum Gasteiger partial charge on any atom is 0.339 e. The summed E-state index contributed by atoms with van der Waals surface area (Å²) in [6, 6.07) is 7.12. The summed E-state index contributed by atoms with van der Waals surface area (Å²) in [7, 11) is 3.07. The number of hydrogen-bond donors (Lipinski definition) is 0. The van der Waals surface area contributed by atoms with Crippen LogP contribution < -0.4 is 4.74 Å². The van der Waals surface area contributed by atoms with E-state index in [9.17, 15) is 4.79 Å². The Morgan fingerprint density at radius 2 is 1.88 bits per heavy atom. The quantitative estimate of drug-likeness (QED) is 0.717. The summed E-state index contributed by atoms with van der Waals surface area (Å²) in [6.07, 6.45) is -0.675. The molecule has 0 bridgehead atoms. The van der Waals surface area contributed by atoms with Gasteiger partial charge in [-0.15, -0.1) is 0 Å². The van der Waals surface area contributed by atoms with Crippen LogP contribution in [0.5, 0.6) is 5.75 Å². The van der Waals surface area contributed by atoms with Crippen LogP contribution >= 0.6 is 0 Å². The predicted molar refractivity (Wildman–Crippen MR) is 59.4 cm³/mol. The molecule has 1 rings (SSSR count). The molecule has 1 atom stereocenters. The molecule has 0 aliphatic carbocycles. The molecular weight excluding hydrogens is 208 g/mol. The Morgan fingerprint density at radius 3 is 2.31 bits per heavy atom. The molecule has 0 N–H and O–H groups in total. The van der Waals surface area contributed by atoms with Crippen molar-refractivity contribution in [1.82, 2.24) is 0 Å². The summed E-state index contributed by atoms with van der Waals surface area (Å²) in [6.45, 7) is 2.10. The summed E-state index contributed by atoms with van der Waals surface area (Å²) in [5.41, 5.74) is 0.752. The van der Waals surface area contributed by atoms with Crippen molar-refractivity contribution in [2.75, 3.05) is 20.8 Å². The Bertz CT molecular complexity index is 331. The first kappa shape index (κ1) is 12.5. The molecule has 0 aromatic heterocycles. The molecule has 0 fully saturated rings. The number of hydrogen-bond acceptors (Lipinski definition) is 4. The normalized spacial score (nSPS) is 11.9. The van der Waals surface area contributed by atoms with Crippen molar-refractivity contribution in [1.29, 1.82) is 0 Å². The van der Waals surface area contributed by atoms with Gasteiger partial charge in [0.15, 0.2) is 6.10 Å². The fourth-order valence-electron chi connectivity index (χ4n) is 1.37. The van der Waals surface area contributed by atoms with Gasteiger partial charge in [0.2, 0.25) is 0 Å². The van der Waals surface area contributed by atoms with E-state index in [1.807, 2.05) is 0 Å². The maximum atomic E-state index is 11.6. The molecule has 0 saturated heterocycles. The van der Waals surface area contributed by atoms with Gasteiger partial charge in [-0.1, -0.05) is 12.1 Å². The van der Waals surface area contributed by atoms with E-state index in [1.165, 1.54) is 7.11 Å². The molecule has 16 heavy (non-hydrogen) atoms. The van der Waals surface area contributed by atoms with E-state index in [1.54, 1.807) is 38.3 Å². The molecule has 0 unspecified atom stereocenters. The van der Waals surface area contributed by atoms with E-state index in [-0.39, 0.29) is 5.97 Å². The topological polar surface area (TPSA) is 44.8 Å².